The lowest BCUT2D eigenvalue weighted by Gasteiger charge is -2.19. The first-order chi connectivity index (χ1) is 10.5. The van der Waals surface area contributed by atoms with Crippen molar-refractivity contribution in [2.24, 2.45) is 0 Å². The molecule has 0 aromatic heterocycles. The number of rotatable bonds is 5. The average Bonchev–Trinajstić information content (AvgIpc) is 2.42. The molecule has 0 heterocycles. The third-order valence-electron chi connectivity index (χ3n) is 2.89. The summed E-state index contributed by atoms with van der Waals surface area (Å²) in [5.74, 6) is -1.99. The van der Waals surface area contributed by atoms with Crippen molar-refractivity contribution in [2.75, 3.05) is 13.7 Å². The summed E-state index contributed by atoms with van der Waals surface area (Å²) in [4.78, 5) is 11.2. The van der Waals surface area contributed by atoms with Gasteiger partial charge in [-0.05, 0) is 31.0 Å². The lowest BCUT2D eigenvalue weighted by molar-refractivity contribution is -0.145. The number of methoxy groups -OCH3 is 1. The highest BCUT2D eigenvalue weighted by Crippen LogP contribution is 2.44. The van der Waals surface area contributed by atoms with Gasteiger partial charge in [0.25, 0.3) is 0 Å². The van der Waals surface area contributed by atoms with Crippen molar-refractivity contribution in [2.45, 2.75) is 32.1 Å². The maximum atomic E-state index is 13.0. The normalized spacial score (nSPS) is 12.2. The molecule has 0 aliphatic heterocycles. The molecule has 23 heavy (non-hydrogen) atoms. The van der Waals surface area contributed by atoms with Crippen molar-refractivity contribution in [3.8, 4) is 5.75 Å². The number of alkyl halides is 6. The topological polar surface area (TPSA) is 35.5 Å². The SMILES string of the molecule is CCOC(=O)CCc1cc(C(F)(F)F)c(OC)c(C(F)(F)F)c1. The molecule has 1 aromatic rings. The second kappa shape index (κ2) is 7.10. The van der Waals surface area contributed by atoms with Gasteiger partial charge in [-0.3, -0.25) is 4.79 Å². The van der Waals surface area contributed by atoms with Gasteiger partial charge in [-0.15, -0.1) is 0 Å². The van der Waals surface area contributed by atoms with Crippen molar-refractivity contribution >= 4 is 5.97 Å². The Kier molecular flexibility index (Phi) is 5.90. The third-order valence-corrected chi connectivity index (χ3v) is 2.89. The van der Waals surface area contributed by atoms with Gasteiger partial charge >= 0.3 is 18.3 Å². The molecule has 1 aromatic carbocycles. The highest BCUT2D eigenvalue weighted by molar-refractivity contribution is 5.69. The molecule has 0 N–H and O–H groups in total. The monoisotopic (exact) mass is 344 g/mol. The minimum atomic E-state index is -5.02. The van der Waals surface area contributed by atoms with Crippen LogP contribution in [0.3, 0.4) is 0 Å². The summed E-state index contributed by atoms with van der Waals surface area (Å²) in [6.45, 7) is 1.61. The number of ether oxygens (including phenoxy) is 2. The fourth-order valence-corrected chi connectivity index (χ4v) is 1.95. The van der Waals surface area contributed by atoms with Crippen molar-refractivity contribution in [1.82, 2.24) is 0 Å². The zero-order chi connectivity index (χ0) is 17.8. The van der Waals surface area contributed by atoms with Crippen LogP contribution in [-0.2, 0) is 28.3 Å². The van der Waals surface area contributed by atoms with E-state index in [1.54, 1.807) is 0 Å². The van der Waals surface area contributed by atoms with Gasteiger partial charge in [0.15, 0.2) is 0 Å². The van der Waals surface area contributed by atoms with Crippen LogP contribution in [0.4, 0.5) is 26.3 Å². The second-order valence-corrected chi connectivity index (χ2v) is 4.52. The van der Waals surface area contributed by atoms with Crippen LogP contribution in [0, 0.1) is 0 Å². The molecule has 0 amide bonds. The molecule has 0 fully saturated rings. The largest absolute Gasteiger partial charge is 0.495 e. The summed E-state index contributed by atoms with van der Waals surface area (Å²) < 4.78 is 86.7. The molecule has 0 aliphatic carbocycles. The molecule has 0 saturated carbocycles. The highest BCUT2D eigenvalue weighted by Gasteiger charge is 2.42. The van der Waals surface area contributed by atoms with E-state index in [1.165, 1.54) is 6.92 Å². The summed E-state index contributed by atoms with van der Waals surface area (Å²) in [5.41, 5.74) is -3.35. The van der Waals surface area contributed by atoms with E-state index in [-0.39, 0.29) is 25.0 Å². The second-order valence-electron chi connectivity index (χ2n) is 4.52. The van der Waals surface area contributed by atoms with Gasteiger partial charge in [-0.2, -0.15) is 26.3 Å². The van der Waals surface area contributed by atoms with Gasteiger partial charge in [0, 0.05) is 6.42 Å². The first-order valence-corrected chi connectivity index (χ1v) is 6.51. The number of halogens is 6. The number of carbonyl (C=O) groups excluding carboxylic acids is 1. The van der Waals surface area contributed by atoms with Crippen molar-refractivity contribution in [3.05, 3.63) is 28.8 Å². The van der Waals surface area contributed by atoms with Gasteiger partial charge in [-0.1, -0.05) is 0 Å². The standard InChI is InChI=1S/C14H14F6O3/c1-3-23-11(21)5-4-8-6-9(13(15,16)17)12(22-2)10(7-8)14(18,19)20/h6-7H,3-5H2,1-2H3. The predicted octanol–water partition coefficient (Wildman–Crippen LogP) is 4.23. The Bertz CT molecular complexity index is 528. The molecule has 1 rings (SSSR count). The highest BCUT2D eigenvalue weighted by atomic mass is 19.4. The van der Waals surface area contributed by atoms with Gasteiger partial charge < -0.3 is 9.47 Å². The summed E-state index contributed by atoms with van der Waals surface area (Å²) >= 11 is 0. The number of hydrogen-bond donors (Lipinski definition) is 0. The number of benzene rings is 1. The third kappa shape index (κ3) is 5.04. The molecule has 0 radical (unpaired) electrons. The van der Waals surface area contributed by atoms with Crippen LogP contribution < -0.4 is 4.74 Å². The summed E-state index contributed by atoms with van der Waals surface area (Å²) in [5, 5.41) is 0. The lowest BCUT2D eigenvalue weighted by Crippen LogP contribution is -2.15. The van der Waals surface area contributed by atoms with E-state index in [0.29, 0.717) is 12.1 Å². The van der Waals surface area contributed by atoms with E-state index in [9.17, 15) is 31.1 Å². The Morgan fingerprint density at radius 1 is 1.04 bits per heavy atom. The van der Waals surface area contributed by atoms with Crippen molar-refractivity contribution in [1.29, 1.82) is 0 Å². The van der Waals surface area contributed by atoms with Gasteiger partial charge in [0.1, 0.15) is 5.75 Å². The number of esters is 1. The molecule has 9 heteroatoms. The predicted molar refractivity (Wildman–Crippen MR) is 68.0 cm³/mol. The van der Waals surface area contributed by atoms with Gasteiger partial charge in [0.05, 0.1) is 24.8 Å². The van der Waals surface area contributed by atoms with Crippen LogP contribution in [0.5, 0.6) is 5.75 Å². The molecule has 0 spiro atoms. The number of hydrogen-bond acceptors (Lipinski definition) is 3. The smallest absolute Gasteiger partial charge is 0.419 e. The molecule has 0 unspecified atom stereocenters. The van der Waals surface area contributed by atoms with E-state index in [4.69, 9.17) is 0 Å². The zero-order valence-corrected chi connectivity index (χ0v) is 12.3. The Morgan fingerprint density at radius 2 is 1.52 bits per heavy atom. The lowest BCUT2D eigenvalue weighted by atomic mass is 10.00. The Morgan fingerprint density at radius 3 is 1.87 bits per heavy atom. The van der Waals surface area contributed by atoms with Gasteiger partial charge in [0.2, 0.25) is 0 Å². The van der Waals surface area contributed by atoms with Gasteiger partial charge in [-0.25, -0.2) is 0 Å². The van der Waals surface area contributed by atoms with E-state index in [0.717, 1.165) is 7.11 Å². The summed E-state index contributed by atoms with van der Waals surface area (Å²) in [6.07, 6.45) is -10.7. The summed E-state index contributed by atoms with van der Waals surface area (Å²) in [6, 6.07) is 1.10. The Hall–Kier alpha value is -1.93. The molecule has 0 atom stereocenters. The molecule has 0 saturated heterocycles. The van der Waals surface area contributed by atoms with Crippen molar-refractivity contribution in [3.63, 3.8) is 0 Å². The van der Waals surface area contributed by atoms with E-state index >= 15 is 0 Å². The molecule has 3 nitrogen and oxygen atoms in total. The Labute approximate surface area is 128 Å². The molecule has 0 bridgehead atoms. The zero-order valence-electron chi connectivity index (χ0n) is 12.3. The van der Waals surface area contributed by atoms with Crippen LogP contribution in [0.15, 0.2) is 12.1 Å². The fourth-order valence-electron chi connectivity index (χ4n) is 1.95. The molecule has 0 aliphatic rings. The van der Waals surface area contributed by atoms with Crippen LogP contribution in [0.25, 0.3) is 0 Å². The summed E-state index contributed by atoms with van der Waals surface area (Å²) in [7, 11) is 0.734. The average molecular weight is 344 g/mol. The fraction of sp³-hybridized carbons (Fsp3) is 0.500. The van der Waals surface area contributed by atoms with Crippen LogP contribution in [0.2, 0.25) is 0 Å². The number of aryl methyl sites for hydroxylation is 1. The number of carbonyl (C=O) groups is 1. The first kappa shape index (κ1) is 19.1. The van der Waals surface area contributed by atoms with Crippen LogP contribution in [0.1, 0.15) is 30.0 Å². The molecular formula is C14H14F6O3. The molecule has 130 valence electrons. The van der Waals surface area contributed by atoms with E-state index < -0.39 is 35.2 Å². The van der Waals surface area contributed by atoms with Crippen LogP contribution in [-0.4, -0.2) is 19.7 Å². The quantitative estimate of drug-likeness (QED) is 0.592. The maximum absolute atomic E-state index is 13.0. The van der Waals surface area contributed by atoms with Crippen LogP contribution >= 0.6 is 0 Å². The molecular weight excluding hydrogens is 330 g/mol. The van der Waals surface area contributed by atoms with Crippen molar-refractivity contribution < 1.29 is 40.6 Å². The minimum Gasteiger partial charge on any atom is -0.495 e. The Balaban J connectivity index is 3.30. The van der Waals surface area contributed by atoms with E-state index in [2.05, 4.69) is 9.47 Å². The van der Waals surface area contributed by atoms with E-state index in [1.807, 2.05) is 0 Å². The first-order valence-electron chi connectivity index (χ1n) is 6.51. The maximum Gasteiger partial charge on any atom is 0.419 e. The minimum absolute atomic E-state index is 0.0725.